The Bertz CT molecular complexity index is 4970. The number of nitrogens with zero attached hydrogens (tertiary/aromatic N) is 3. The highest BCUT2D eigenvalue weighted by molar-refractivity contribution is 6.13. The van der Waals surface area contributed by atoms with Gasteiger partial charge in [-0.25, -0.2) is 0 Å². The molecule has 3 nitrogen and oxygen atoms in total. The Hall–Kier alpha value is -10.8. The van der Waals surface area contributed by atoms with Crippen LogP contribution in [0.2, 0.25) is 0 Å². The predicted molar refractivity (Wildman–Crippen MR) is 317 cm³/mol. The first kappa shape index (κ1) is 73.0. The molecule has 0 fully saturated rings. The predicted octanol–water partition coefficient (Wildman–Crippen LogP) is 26.3. The van der Waals surface area contributed by atoms with Gasteiger partial charge in [0.1, 0.15) is 11.6 Å². The minimum absolute atomic E-state index is 0.0787. The van der Waals surface area contributed by atoms with Crippen molar-refractivity contribution >= 4 is 43.6 Å². The number of fused-ring (bicyclic) bond motifs is 6. The molecule has 0 saturated carbocycles. The minimum atomic E-state index is -5.91. The maximum absolute atomic E-state index is 15.7. The van der Waals surface area contributed by atoms with Gasteiger partial charge in [-0.15, -0.1) is 0 Å². The van der Waals surface area contributed by atoms with Crippen molar-refractivity contribution < 1.29 is 132 Å². The van der Waals surface area contributed by atoms with E-state index in [2.05, 4.69) is 0 Å². The topological polar surface area (TPSA) is 33.6 Å². The van der Waals surface area contributed by atoms with Crippen molar-refractivity contribution in [3.63, 3.8) is 0 Å². The molecular formula is C71H29F30N3. The molecule has 10 aromatic carbocycles. The zero-order valence-electron chi connectivity index (χ0n) is 50.4. The van der Waals surface area contributed by atoms with Gasteiger partial charge >= 0.3 is 61.8 Å². The number of hydrogen-bond acceptors (Lipinski definition) is 1. The second kappa shape index (κ2) is 24.1. The van der Waals surface area contributed by atoms with Crippen molar-refractivity contribution in [2.45, 2.75) is 61.8 Å². The van der Waals surface area contributed by atoms with Crippen LogP contribution in [0.3, 0.4) is 0 Å². The zero-order valence-corrected chi connectivity index (χ0v) is 50.4. The third kappa shape index (κ3) is 13.3. The van der Waals surface area contributed by atoms with Crippen LogP contribution in [0, 0.1) is 11.3 Å². The van der Waals surface area contributed by atoms with Crippen LogP contribution in [0.1, 0.15) is 61.2 Å². The fourth-order valence-electron chi connectivity index (χ4n) is 12.5. The van der Waals surface area contributed by atoms with E-state index in [0.717, 1.165) is 72.8 Å². The van der Waals surface area contributed by atoms with Gasteiger partial charge in [-0.05, 0) is 153 Å². The molecule has 104 heavy (non-hydrogen) atoms. The summed E-state index contributed by atoms with van der Waals surface area (Å²) in [4.78, 5) is 0. The van der Waals surface area contributed by atoms with Gasteiger partial charge in [0.15, 0.2) is 0 Å². The maximum atomic E-state index is 15.7. The lowest BCUT2D eigenvalue weighted by Gasteiger charge is -2.21. The molecule has 2 heterocycles. The van der Waals surface area contributed by atoms with Crippen molar-refractivity contribution in [2.75, 3.05) is 0 Å². The zero-order chi connectivity index (χ0) is 76.3. The highest BCUT2D eigenvalue weighted by Gasteiger charge is 2.45. The molecule has 0 radical (unpaired) electrons. The molecule has 0 aliphatic heterocycles. The van der Waals surface area contributed by atoms with E-state index in [1.807, 2.05) is 0 Å². The lowest BCUT2D eigenvalue weighted by atomic mass is 9.94. The van der Waals surface area contributed by atoms with Crippen LogP contribution in [0.5, 0.6) is 0 Å². The van der Waals surface area contributed by atoms with E-state index in [-0.39, 0.29) is 82.2 Å². The summed E-state index contributed by atoms with van der Waals surface area (Å²) >= 11 is 0. The van der Waals surface area contributed by atoms with E-state index in [4.69, 9.17) is 0 Å². The standard InChI is InChI=1S/C71H29F30N3/c72-62(73,74)36-5-14-41(51(25-36)67(87,88)89)31-1-10-46-47-11-2-32(42-15-6-37(63(75,76)77)26-52(42)68(90,91)92)20-57(47)103(56(46)19-31)60-23-35(45-18-9-40(66(84,85)86)29-55(45)71(99,100)101)24-61(50(60)30-102)104-58-21-33(43-16-7-38(64(78,79)80)27-53(43)69(93,94)95)3-12-48(58)49-13-4-34(22-59(49)104)44-17-8-39(65(81,82)83)28-54(44)70(96,97)98/h1-29H. The Morgan fingerprint density at radius 2 is 0.404 bits per heavy atom. The quantitative estimate of drug-likeness (QED) is 0.146. The van der Waals surface area contributed by atoms with Crippen molar-refractivity contribution in [2.24, 2.45) is 0 Å². The molecule has 0 bridgehead atoms. The molecule has 538 valence electrons. The number of nitriles is 1. The van der Waals surface area contributed by atoms with Crippen LogP contribution in [-0.2, 0) is 61.8 Å². The molecule has 2 aromatic heterocycles. The molecule has 0 atom stereocenters. The molecule has 12 rings (SSSR count). The Morgan fingerprint density at radius 1 is 0.212 bits per heavy atom. The van der Waals surface area contributed by atoms with Crippen molar-refractivity contribution in [1.29, 1.82) is 5.26 Å². The second-order valence-electron chi connectivity index (χ2n) is 23.4. The molecule has 0 saturated heterocycles. The van der Waals surface area contributed by atoms with E-state index >= 15 is 65.9 Å². The van der Waals surface area contributed by atoms with Gasteiger partial charge < -0.3 is 9.13 Å². The van der Waals surface area contributed by atoms with Crippen LogP contribution >= 0.6 is 0 Å². The number of benzene rings is 10. The van der Waals surface area contributed by atoms with Gasteiger partial charge in [0.25, 0.3) is 0 Å². The molecule has 0 N–H and O–H groups in total. The lowest BCUT2D eigenvalue weighted by molar-refractivity contribution is -0.144. The summed E-state index contributed by atoms with van der Waals surface area (Å²) in [5.41, 5.74) is -35.3. The average molecular weight is 1490 g/mol. The van der Waals surface area contributed by atoms with Gasteiger partial charge in [0, 0.05) is 21.5 Å². The molecule has 12 aromatic rings. The SMILES string of the molecule is N#Cc1c(-n2c3cc(-c4ccc(C(F)(F)F)cc4C(F)(F)F)ccc3c3ccc(-c4ccc(C(F)(F)F)cc4C(F)(F)F)cc32)cc(-c2ccc(C(F)(F)F)cc2C(F)(F)F)cc1-n1c2cc(-c3ccc(C(F)(F)F)cc3C(F)(F)F)ccc2c2ccc(-c3ccc(C(F)(F)F)cc3C(F)(F)F)cc21. The first-order valence-corrected chi connectivity index (χ1v) is 29.0. The number of hydrogen-bond donors (Lipinski definition) is 0. The Labute approximate surface area is 560 Å². The van der Waals surface area contributed by atoms with Gasteiger partial charge in [0.05, 0.1) is 89.1 Å². The summed E-state index contributed by atoms with van der Waals surface area (Å²) in [5.74, 6) is 0. The first-order chi connectivity index (χ1) is 47.8. The normalized spacial score (nSPS) is 13.5. The van der Waals surface area contributed by atoms with Crippen molar-refractivity contribution in [3.05, 3.63) is 237 Å². The smallest absolute Gasteiger partial charge is 0.308 e. The molecule has 0 spiro atoms. The third-order valence-corrected chi connectivity index (χ3v) is 17.0. The molecular weight excluding hydrogens is 1460 g/mol. The summed E-state index contributed by atoms with van der Waals surface area (Å²) < 4.78 is 442. The minimum Gasteiger partial charge on any atom is -0.308 e. The van der Waals surface area contributed by atoms with Gasteiger partial charge in [-0.3, -0.25) is 0 Å². The number of rotatable bonds is 7. The first-order valence-electron chi connectivity index (χ1n) is 29.0. The molecule has 0 unspecified atom stereocenters. The average Bonchev–Trinajstić information content (AvgIpc) is 1.54. The Morgan fingerprint density at radius 3 is 0.577 bits per heavy atom. The van der Waals surface area contributed by atoms with E-state index in [9.17, 15) is 71.1 Å². The van der Waals surface area contributed by atoms with Crippen molar-refractivity contribution in [3.8, 4) is 73.1 Å². The summed E-state index contributed by atoms with van der Waals surface area (Å²) in [5, 5.41) is 10.5. The molecule has 0 aliphatic rings. The number of alkyl halides is 30. The lowest BCUT2D eigenvalue weighted by Crippen LogP contribution is -2.13. The van der Waals surface area contributed by atoms with Crippen molar-refractivity contribution in [1.82, 2.24) is 9.13 Å². The van der Waals surface area contributed by atoms with E-state index in [0.29, 0.717) is 45.5 Å². The summed E-state index contributed by atoms with van der Waals surface area (Å²) in [6, 6.07) is 13.5. The number of aromatic nitrogens is 2. The third-order valence-electron chi connectivity index (χ3n) is 17.0. The van der Waals surface area contributed by atoms with E-state index < -0.39 is 218 Å². The summed E-state index contributed by atoms with van der Waals surface area (Å²) in [7, 11) is 0. The van der Waals surface area contributed by atoms with E-state index in [1.54, 1.807) is 6.07 Å². The molecule has 0 aliphatic carbocycles. The van der Waals surface area contributed by atoms with Crippen LogP contribution in [0.4, 0.5) is 132 Å². The Kier molecular flexibility index (Phi) is 16.9. The van der Waals surface area contributed by atoms with Crippen LogP contribution in [0.15, 0.2) is 176 Å². The van der Waals surface area contributed by atoms with Crippen LogP contribution in [0.25, 0.3) is 111 Å². The van der Waals surface area contributed by atoms with Gasteiger partial charge in [-0.2, -0.15) is 137 Å². The summed E-state index contributed by atoms with van der Waals surface area (Å²) in [6.45, 7) is 0. The highest BCUT2D eigenvalue weighted by atomic mass is 19.4. The van der Waals surface area contributed by atoms with E-state index in [1.165, 1.54) is 0 Å². The maximum Gasteiger partial charge on any atom is 0.417 e. The molecule has 0 amide bonds. The van der Waals surface area contributed by atoms with Gasteiger partial charge in [0.2, 0.25) is 0 Å². The highest BCUT2D eigenvalue weighted by Crippen LogP contribution is 2.52. The second-order valence-corrected chi connectivity index (χ2v) is 23.4. The fraction of sp³-hybridized carbons (Fsp3) is 0.141. The monoisotopic (exact) mass is 1490 g/mol. The van der Waals surface area contributed by atoms with Gasteiger partial charge in [-0.1, -0.05) is 78.9 Å². The fourth-order valence-corrected chi connectivity index (χ4v) is 12.5. The Balaban J connectivity index is 1.30. The number of halogens is 30. The van der Waals surface area contributed by atoms with Crippen LogP contribution in [-0.4, -0.2) is 9.13 Å². The molecule has 33 heteroatoms. The van der Waals surface area contributed by atoms with Crippen LogP contribution < -0.4 is 0 Å². The largest absolute Gasteiger partial charge is 0.417 e. The summed E-state index contributed by atoms with van der Waals surface area (Å²) in [6.07, 6.45) is -56.1.